The lowest BCUT2D eigenvalue weighted by Crippen LogP contribution is -2.34. The number of aromatic nitrogens is 3. The number of amides is 3. The van der Waals surface area contributed by atoms with Gasteiger partial charge in [0.05, 0.1) is 10.2 Å². The lowest BCUT2D eigenvalue weighted by Gasteiger charge is -2.01. The lowest BCUT2D eigenvalue weighted by molar-refractivity contribution is 0.0962. The number of nitrogens with one attached hydrogen (secondary N) is 2. The van der Waals surface area contributed by atoms with Crippen LogP contribution in [0.25, 0.3) is 10.2 Å². The summed E-state index contributed by atoms with van der Waals surface area (Å²) in [5.74, 6) is -0.600. The van der Waals surface area contributed by atoms with Gasteiger partial charge in [-0.15, -0.1) is 5.10 Å². The summed E-state index contributed by atoms with van der Waals surface area (Å²) in [6.07, 6.45) is 0. The fourth-order valence-electron chi connectivity index (χ4n) is 1.48. The van der Waals surface area contributed by atoms with Crippen LogP contribution in [0.2, 0.25) is 0 Å². The predicted molar refractivity (Wildman–Crippen MR) is 76.0 cm³/mol. The molecule has 2 N–H and O–H groups in total. The number of fused-ring (bicyclic) bond motifs is 1. The van der Waals surface area contributed by atoms with Crippen molar-refractivity contribution in [2.75, 3.05) is 5.32 Å². The average Bonchev–Trinajstić information content (AvgIpc) is 3.07. The Labute approximate surface area is 120 Å². The number of hydrogen-bond acceptors (Lipinski definition) is 7. The number of carbonyl (C=O) groups is 2. The zero-order valence-electron chi connectivity index (χ0n) is 9.86. The van der Waals surface area contributed by atoms with Crippen LogP contribution >= 0.6 is 22.9 Å². The number of urea groups is 1. The number of anilines is 1. The van der Waals surface area contributed by atoms with Crippen LogP contribution in [0.3, 0.4) is 0 Å². The Bertz CT molecular complexity index is 735. The summed E-state index contributed by atoms with van der Waals surface area (Å²) in [6, 6.07) is 6.86. The second kappa shape index (κ2) is 5.31. The first kappa shape index (κ1) is 12.6. The van der Waals surface area contributed by atoms with Gasteiger partial charge in [0.15, 0.2) is 10.8 Å². The first-order chi connectivity index (χ1) is 9.72. The minimum atomic E-state index is -0.651. The maximum absolute atomic E-state index is 11.7. The molecule has 2 aromatic heterocycles. The number of carbonyl (C=O) groups excluding carboxylic acids is 2. The summed E-state index contributed by atoms with van der Waals surface area (Å²) in [6.45, 7) is 0. The van der Waals surface area contributed by atoms with Crippen LogP contribution in [-0.2, 0) is 0 Å². The molecule has 0 saturated carbocycles. The third-order valence-corrected chi connectivity index (χ3v) is 3.79. The molecule has 0 aliphatic carbocycles. The highest BCUT2D eigenvalue weighted by Gasteiger charge is 2.14. The van der Waals surface area contributed by atoms with Crippen molar-refractivity contribution >= 4 is 50.2 Å². The van der Waals surface area contributed by atoms with Gasteiger partial charge in [0.2, 0.25) is 0 Å². The normalized spacial score (nSPS) is 10.4. The molecular weight excluding hydrogens is 298 g/mol. The van der Waals surface area contributed by atoms with Crippen LogP contribution in [0.4, 0.5) is 9.93 Å². The Morgan fingerprint density at radius 1 is 1.20 bits per heavy atom. The van der Waals surface area contributed by atoms with Gasteiger partial charge in [0.1, 0.15) is 0 Å². The van der Waals surface area contributed by atoms with Crippen molar-refractivity contribution in [3.8, 4) is 0 Å². The van der Waals surface area contributed by atoms with E-state index in [-0.39, 0.29) is 5.69 Å². The van der Waals surface area contributed by atoms with Crippen LogP contribution < -0.4 is 10.6 Å². The van der Waals surface area contributed by atoms with E-state index in [1.807, 2.05) is 24.3 Å². The number of hydrogen-bond donors (Lipinski definition) is 2. The molecule has 100 valence electrons. The van der Waals surface area contributed by atoms with Crippen LogP contribution in [0.15, 0.2) is 29.6 Å². The quantitative estimate of drug-likeness (QED) is 0.755. The van der Waals surface area contributed by atoms with Crippen molar-refractivity contribution in [3.63, 3.8) is 0 Å². The van der Waals surface area contributed by atoms with Gasteiger partial charge in [0.25, 0.3) is 5.91 Å². The molecule has 3 amide bonds. The molecule has 0 fully saturated rings. The maximum atomic E-state index is 11.7. The highest BCUT2D eigenvalue weighted by Crippen LogP contribution is 2.25. The van der Waals surface area contributed by atoms with E-state index in [4.69, 9.17) is 0 Å². The molecule has 0 aliphatic rings. The minimum absolute atomic E-state index is 0.106. The van der Waals surface area contributed by atoms with E-state index in [1.165, 1.54) is 16.7 Å². The molecule has 7 nitrogen and oxygen atoms in total. The molecule has 2 heterocycles. The van der Waals surface area contributed by atoms with Crippen LogP contribution in [0.1, 0.15) is 10.5 Å². The number of imide groups is 1. The van der Waals surface area contributed by atoms with Gasteiger partial charge in [-0.3, -0.25) is 15.4 Å². The van der Waals surface area contributed by atoms with Gasteiger partial charge in [0, 0.05) is 5.38 Å². The Kier molecular flexibility index (Phi) is 3.35. The number of rotatable bonds is 2. The standard InChI is InChI=1S/C11H7N5O2S2/c17-9(7-5-19-16-15-7)13-10(18)14-11-12-6-3-1-2-4-8(6)20-11/h1-5H,(H2,12,13,14,17,18). The zero-order chi connectivity index (χ0) is 13.9. The second-order valence-corrected chi connectivity index (χ2v) is 5.33. The van der Waals surface area contributed by atoms with E-state index in [0.717, 1.165) is 21.7 Å². The summed E-state index contributed by atoms with van der Waals surface area (Å²) < 4.78 is 4.51. The SMILES string of the molecule is O=C(NC(=O)c1csnn1)Nc1nc2ccccc2s1. The van der Waals surface area contributed by atoms with Crippen molar-refractivity contribution < 1.29 is 9.59 Å². The molecule has 0 bridgehead atoms. The van der Waals surface area contributed by atoms with E-state index in [0.29, 0.717) is 5.13 Å². The molecule has 0 aliphatic heterocycles. The van der Waals surface area contributed by atoms with Crippen molar-refractivity contribution in [2.45, 2.75) is 0 Å². The Balaban J connectivity index is 1.68. The molecular formula is C11H7N5O2S2. The topological polar surface area (TPSA) is 96.9 Å². The fourth-order valence-corrected chi connectivity index (χ4v) is 2.78. The summed E-state index contributed by atoms with van der Waals surface area (Å²) in [7, 11) is 0. The highest BCUT2D eigenvalue weighted by atomic mass is 32.1. The van der Waals surface area contributed by atoms with Gasteiger partial charge in [-0.1, -0.05) is 28.0 Å². The third kappa shape index (κ3) is 2.63. The van der Waals surface area contributed by atoms with Crippen LogP contribution in [0, 0.1) is 0 Å². The predicted octanol–water partition coefficient (Wildman–Crippen LogP) is 2.11. The van der Waals surface area contributed by atoms with Gasteiger partial charge in [-0.25, -0.2) is 9.78 Å². The molecule has 9 heteroatoms. The summed E-state index contributed by atoms with van der Waals surface area (Å²) in [5, 5.41) is 10.1. The molecule has 3 aromatic rings. The molecule has 0 spiro atoms. The number of nitrogens with zero attached hydrogens (tertiary/aromatic N) is 3. The molecule has 0 unspecified atom stereocenters. The first-order valence-corrected chi connectivity index (χ1v) is 7.12. The molecule has 1 aromatic carbocycles. The molecule has 0 atom stereocenters. The number of benzene rings is 1. The number of thiazole rings is 1. The van der Waals surface area contributed by atoms with Gasteiger partial charge < -0.3 is 0 Å². The first-order valence-electron chi connectivity index (χ1n) is 5.47. The van der Waals surface area contributed by atoms with E-state index in [2.05, 4.69) is 25.2 Å². The largest absolute Gasteiger partial charge is 0.328 e. The molecule has 3 rings (SSSR count). The van der Waals surface area contributed by atoms with Crippen molar-refractivity contribution in [3.05, 3.63) is 35.3 Å². The highest BCUT2D eigenvalue weighted by molar-refractivity contribution is 7.22. The Hall–Kier alpha value is -2.39. The van der Waals surface area contributed by atoms with E-state index in [9.17, 15) is 9.59 Å². The second-order valence-electron chi connectivity index (χ2n) is 3.69. The van der Waals surface area contributed by atoms with Crippen molar-refractivity contribution in [2.24, 2.45) is 0 Å². The number of para-hydroxylation sites is 1. The third-order valence-electron chi connectivity index (χ3n) is 2.33. The van der Waals surface area contributed by atoms with E-state index in [1.54, 1.807) is 0 Å². The van der Waals surface area contributed by atoms with Crippen molar-refractivity contribution in [1.82, 2.24) is 19.9 Å². The van der Waals surface area contributed by atoms with Crippen molar-refractivity contribution in [1.29, 1.82) is 0 Å². The minimum Gasteiger partial charge on any atom is -0.283 e. The Morgan fingerprint density at radius 3 is 2.80 bits per heavy atom. The zero-order valence-corrected chi connectivity index (χ0v) is 11.5. The van der Waals surface area contributed by atoms with E-state index < -0.39 is 11.9 Å². The summed E-state index contributed by atoms with van der Waals surface area (Å²) in [4.78, 5) is 27.5. The van der Waals surface area contributed by atoms with Crippen LogP contribution in [0.5, 0.6) is 0 Å². The van der Waals surface area contributed by atoms with Gasteiger partial charge in [-0.2, -0.15) is 0 Å². The lowest BCUT2D eigenvalue weighted by atomic mass is 10.3. The van der Waals surface area contributed by atoms with Gasteiger partial charge >= 0.3 is 6.03 Å². The fraction of sp³-hybridized carbons (Fsp3) is 0. The molecule has 0 radical (unpaired) electrons. The maximum Gasteiger partial charge on any atom is 0.328 e. The van der Waals surface area contributed by atoms with Gasteiger partial charge in [-0.05, 0) is 23.7 Å². The van der Waals surface area contributed by atoms with Crippen LogP contribution in [-0.4, -0.2) is 26.5 Å². The van der Waals surface area contributed by atoms with E-state index >= 15 is 0 Å². The molecule has 0 saturated heterocycles. The average molecular weight is 305 g/mol. The summed E-state index contributed by atoms with van der Waals surface area (Å²) >= 11 is 2.37. The smallest absolute Gasteiger partial charge is 0.283 e. The molecule has 20 heavy (non-hydrogen) atoms. The monoisotopic (exact) mass is 305 g/mol. The Morgan fingerprint density at radius 2 is 2.05 bits per heavy atom. The summed E-state index contributed by atoms with van der Waals surface area (Å²) in [5.41, 5.74) is 0.900.